The zero-order valence-electron chi connectivity index (χ0n) is 14.7. The molecule has 0 fully saturated rings. The van der Waals surface area contributed by atoms with Crippen LogP contribution in [0.2, 0.25) is 10.0 Å². The topological polar surface area (TPSA) is 122 Å². The molecule has 0 heterocycles. The van der Waals surface area contributed by atoms with Crippen LogP contribution in [0.15, 0.2) is 42.5 Å². The summed E-state index contributed by atoms with van der Waals surface area (Å²) in [5, 5.41) is 15.6. The lowest BCUT2D eigenvalue weighted by Crippen LogP contribution is -2.42. The van der Waals surface area contributed by atoms with Gasteiger partial charge in [0.15, 0.2) is 0 Å². The zero-order chi connectivity index (χ0) is 20.7. The Labute approximate surface area is 171 Å². The lowest BCUT2D eigenvalue weighted by atomic mass is 10.1. The smallest absolute Gasteiger partial charge is 0.326 e. The van der Waals surface area contributed by atoms with Crippen LogP contribution < -0.4 is 16.4 Å². The molecular formula is C19H19Cl2N3O4. The second-order valence-electron chi connectivity index (χ2n) is 6.02. The predicted molar refractivity (Wildman–Crippen MR) is 108 cm³/mol. The molecule has 2 aromatic rings. The number of nitrogens with two attached hydrogens (primary N) is 1. The van der Waals surface area contributed by atoms with Crippen LogP contribution in [0.1, 0.15) is 18.4 Å². The standard InChI is InChI=1S/C19H19Cl2N3O4/c20-12-5-3-6-13(21)18(12)24-14-7-2-1-4-11(14)10-17(26)23-15(19(27)28)8-9-16(22)25/h1-7,15,24H,8-10H2,(H2,22,25)(H,23,26)(H,27,28)/t15-/m1/s1. The van der Waals surface area contributed by atoms with Crippen molar-refractivity contribution in [3.05, 3.63) is 58.1 Å². The minimum absolute atomic E-state index is 0.0778. The number of carboxylic acids is 1. The van der Waals surface area contributed by atoms with Crippen molar-refractivity contribution in [3.8, 4) is 0 Å². The summed E-state index contributed by atoms with van der Waals surface area (Å²) in [5.74, 6) is -2.37. The normalized spacial score (nSPS) is 11.5. The minimum Gasteiger partial charge on any atom is -0.480 e. The van der Waals surface area contributed by atoms with Crippen molar-refractivity contribution in [2.24, 2.45) is 5.73 Å². The third-order valence-corrected chi connectivity index (χ3v) is 4.53. The molecule has 2 aromatic carbocycles. The van der Waals surface area contributed by atoms with E-state index in [1.807, 2.05) is 0 Å². The average Bonchev–Trinajstić information content (AvgIpc) is 2.62. The van der Waals surface area contributed by atoms with Crippen LogP contribution in [-0.2, 0) is 20.8 Å². The van der Waals surface area contributed by atoms with E-state index < -0.39 is 23.8 Å². The second-order valence-corrected chi connectivity index (χ2v) is 6.83. The van der Waals surface area contributed by atoms with Gasteiger partial charge in [-0.2, -0.15) is 0 Å². The molecule has 0 unspecified atom stereocenters. The number of hydrogen-bond acceptors (Lipinski definition) is 4. The number of para-hydroxylation sites is 2. The number of anilines is 2. The molecule has 0 saturated heterocycles. The second kappa shape index (κ2) is 9.96. The quantitative estimate of drug-likeness (QED) is 0.493. The number of carbonyl (C=O) groups is 3. The maximum Gasteiger partial charge on any atom is 0.326 e. The Bertz CT molecular complexity index is 869. The van der Waals surface area contributed by atoms with Gasteiger partial charge >= 0.3 is 5.97 Å². The van der Waals surface area contributed by atoms with E-state index in [0.717, 1.165) is 0 Å². The van der Waals surface area contributed by atoms with E-state index >= 15 is 0 Å². The minimum atomic E-state index is -1.23. The lowest BCUT2D eigenvalue weighted by Gasteiger charge is -2.16. The van der Waals surface area contributed by atoms with Gasteiger partial charge in [-0.05, 0) is 30.2 Å². The Morgan fingerprint density at radius 2 is 1.68 bits per heavy atom. The first-order valence-electron chi connectivity index (χ1n) is 8.37. The number of halogens is 2. The van der Waals surface area contributed by atoms with Gasteiger partial charge in [0.05, 0.1) is 22.2 Å². The summed E-state index contributed by atoms with van der Waals surface area (Å²) in [4.78, 5) is 34.5. The summed E-state index contributed by atoms with van der Waals surface area (Å²) >= 11 is 12.3. The number of aliphatic carboxylic acids is 1. The average molecular weight is 424 g/mol. The lowest BCUT2D eigenvalue weighted by molar-refractivity contribution is -0.142. The fourth-order valence-electron chi connectivity index (χ4n) is 2.51. The van der Waals surface area contributed by atoms with Crippen LogP contribution in [0, 0.1) is 0 Å². The summed E-state index contributed by atoms with van der Waals surface area (Å²) < 4.78 is 0. The Hall–Kier alpha value is -2.77. The van der Waals surface area contributed by atoms with Crippen molar-refractivity contribution < 1.29 is 19.5 Å². The largest absolute Gasteiger partial charge is 0.480 e. The summed E-state index contributed by atoms with van der Waals surface area (Å²) in [6.45, 7) is 0. The Morgan fingerprint density at radius 3 is 2.29 bits per heavy atom. The molecule has 0 radical (unpaired) electrons. The monoisotopic (exact) mass is 423 g/mol. The number of primary amides is 1. The van der Waals surface area contributed by atoms with Crippen molar-refractivity contribution in [3.63, 3.8) is 0 Å². The van der Waals surface area contributed by atoms with Gasteiger partial charge < -0.3 is 21.5 Å². The van der Waals surface area contributed by atoms with Crippen molar-refractivity contribution in [1.29, 1.82) is 0 Å². The fraction of sp³-hybridized carbons (Fsp3) is 0.211. The Morgan fingerprint density at radius 1 is 1.04 bits per heavy atom. The Kier molecular flexibility index (Phi) is 7.66. The summed E-state index contributed by atoms with van der Waals surface area (Å²) in [6.07, 6.45) is -0.294. The number of carboxylic acid groups (broad SMARTS) is 1. The molecule has 7 nitrogen and oxygen atoms in total. The molecule has 0 aliphatic carbocycles. The van der Waals surface area contributed by atoms with E-state index in [1.165, 1.54) is 0 Å². The number of amides is 2. The van der Waals surface area contributed by atoms with Gasteiger partial charge in [-0.1, -0.05) is 47.5 Å². The zero-order valence-corrected chi connectivity index (χ0v) is 16.3. The number of carbonyl (C=O) groups excluding carboxylic acids is 2. The van der Waals surface area contributed by atoms with Crippen molar-refractivity contribution >= 4 is 52.4 Å². The molecule has 5 N–H and O–H groups in total. The van der Waals surface area contributed by atoms with E-state index in [-0.39, 0.29) is 19.3 Å². The van der Waals surface area contributed by atoms with Gasteiger partial charge in [-0.3, -0.25) is 9.59 Å². The van der Waals surface area contributed by atoms with Gasteiger partial charge in [0.1, 0.15) is 6.04 Å². The van der Waals surface area contributed by atoms with Crippen molar-refractivity contribution in [1.82, 2.24) is 5.32 Å². The Balaban J connectivity index is 2.13. The molecule has 28 heavy (non-hydrogen) atoms. The van der Waals surface area contributed by atoms with E-state index in [1.54, 1.807) is 42.5 Å². The van der Waals surface area contributed by atoms with E-state index in [4.69, 9.17) is 28.9 Å². The number of nitrogens with one attached hydrogen (secondary N) is 2. The first kappa shape index (κ1) is 21.5. The highest BCUT2D eigenvalue weighted by molar-refractivity contribution is 6.39. The van der Waals surface area contributed by atoms with Crippen LogP contribution in [0.3, 0.4) is 0 Å². The van der Waals surface area contributed by atoms with Gasteiger partial charge in [-0.15, -0.1) is 0 Å². The maximum absolute atomic E-state index is 12.3. The van der Waals surface area contributed by atoms with Gasteiger partial charge in [0, 0.05) is 12.1 Å². The van der Waals surface area contributed by atoms with Gasteiger partial charge in [0.25, 0.3) is 0 Å². The summed E-state index contributed by atoms with van der Waals surface area (Å²) in [5.41, 5.74) is 6.77. The maximum atomic E-state index is 12.3. The summed E-state index contributed by atoms with van der Waals surface area (Å²) in [7, 11) is 0. The summed E-state index contributed by atoms with van der Waals surface area (Å²) in [6, 6.07) is 10.9. The number of hydrogen-bond donors (Lipinski definition) is 4. The molecule has 0 saturated carbocycles. The number of benzene rings is 2. The van der Waals surface area contributed by atoms with Gasteiger partial charge in [0.2, 0.25) is 11.8 Å². The molecular weight excluding hydrogens is 405 g/mol. The molecule has 0 aliphatic rings. The predicted octanol–water partition coefficient (Wildman–Crippen LogP) is 3.11. The molecule has 9 heteroatoms. The molecule has 0 bridgehead atoms. The SMILES string of the molecule is NC(=O)CC[C@@H](NC(=O)Cc1ccccc1Nc1c(Cl)cccc1Cl)C(=O)O. The highest BCUT2D eigenvalue weighted by Crippen LogP contribution is 2.33. The first-order chi connectivity index (χ1) is 13.3. The molecule has 0 aliphatic heterocycles. The van der Waals surface area contributed by atoms with E-state index in [0.29, 0.717) is 27.0 Å². The molecule has 0 spiro atoms. The highest BCUT2D eigenvalue weighted by atomic mass is 35.5. The van der Waals surface area contributed by atoms with Crippen LogP contribution >= 0.6 is 23.2 Å². The molecule has 148 valence electrons. The third kappa shape index (κ3) is 6.14. The van der Waals surface area contributed by atoms with Crippen LogP contribution in [0.25, 0.3) is 0 Å². The highest BCUT2D eigenvalue weighted by Gasteiger charge is 2.21. The van der Waals surface area contributed by atoms with Crippen molar-refractivity contribution in [2.45, 2.75) is 25.3 Å². The van der Waals surface area contributed by atoms with Gasteiger partial charge in [-0.25, -0.2) is 4.79 Å². The third-order valence-electron chi connectivity index (χ3n) is 3.90. The molecule has 1 atom stereocenters. The molecule has 2 amide bonds. The van der Waals surface area contributed by atoms with E-state index in [9.17, 15) is 19.5 Å². The molecule has 0 aromatic heterocycles. The number of rotatable bonds is 9. The fourth-order valence-corrected chi connectivity index (χ4v) is 3.00. The van der Waals surface area contributed by atoms with Crippen LogP contribution in [-0.4, -0.2) is 28.9 Å². The molecule has 2 rings (SSSR count). The van der Waals surface area contributed by atoms with E-state index in [2.05, 4.69) is 10.6 Å². The van der Waals surface area contributed by atoms with Crippen molar-refractivity contribution in [2.75, 3.05) is 5.32 Å². The van der Waals surface area contributed by atoms with Crippen LogP contribution in [0.5, 0.6) is 0 Å². The van der Waals surface area contributed by atoms with Crippen LogP contribution in [0.4, 0.5) is 11.4 Å². The first-order valence-corrected chi connectivity index (χ1v) is 9.13.